The number of carbonyl (C=O) groups is 4. The van der Waals surface area contributed by atoms with Crippen molar-refractivity contribution in [2.45, 2.75) is 36.5 Å². The van der Waals surface area contributed by atoms with E-state index >= 15 is 4.79 Å². The number of halogens is 8. The van der Waals surface area contributed by atoms with Gasteiger partial charge in [-0.05, 0) is 72.9 Å². The van der Waals surface area contributed by atoms with Crippen molar-refractivity contribution in [2.75, 3.05) is 16.9 Å². The van der Waals surface area contributed by atoms with E-state index in [0.717, 1.165) is 4.90 Å². The summed E-state index contributed by atoms with van der Waals surface area (Å²) in [6.07, 6.45) is -9.29. The molecule has 4 amide bonds. The number of hydrogen-bond donors (Lipinski definition) is 1. The number of fused-ring (bicyclic) bond motifs is 4. The molecule has 6 unspecified atom stereocenters. The zero-order chi connectivity index (χ0) is 40.9. The molecular formula is C41H28BrClF6N2O6. The predicted octanol–water partition coefficient (Wildman–Crippen LogP) is 9.22. The first-order valence-corrected chi connectivity index (χ1v) is 18.7. The fourth-order valence-electron chi connectivity index (χ4n) is 9.38. The lowest BCUT2D eigenvalue weighted by Gasteiger charge is -2.50. The van der Waals surface area contributed by atoms with Gasteiger partial charge < -0.3 is 9.84 Å². The van der Waals surface area contributed by atoms with Crippen LogP contribution in [0.4, 0.5) is 37.7 Å². The SMILES string of the molecule is COc1cc(Br)cc(C2C3=CCC4C(=O)N(c5cc(C(F)(F)F)cc(C(F)(F)F)c5)C(=O)C4C3CC3C(=O)N(c4cccc(Cl)c4)C(=O)C32c2ccccc2)c1O. The number of anilines is 2. The maximum atomic E-state index is 15.4. The van der Waals surface area contributed by atoms with Gasteiger partial charge in [-0.25, -0.2) is 9.80 Å². The standard InChI is InChI=1S/C41H28BrClF6N2O6/c1-57-31-16-22(42)15-29(34(31)52)33-26-10-11-27-32(37(55)50(35(27)53)25-13-20(40(44,45)46)12-21(14-25)41(47,48)49)28(26)18-30-36(54)51(24-9-5-8-23(43)17-24)38(56)39(30,33)19-6-3-2-4-7-19/h2-10,12-17,27-28,30,32-33,52H,11,18H2,1H3. The number of imide groups is 2. The highest BCUT2D eigenvalue weighted by molar-refractivity contribution is 9.10. The van der Waals surface area contributed by atoms with Gasteiger partial charge in [0.15, 0.2) is 11.5 Å². The van der Waals surface area contributed by atoms with E-state index in [4.69, 9.17) is 16.3 Å². The molecule has 57 heavy (non-hydrogen) atoms. The Balaban J connectivity index is 1.35. The Morgan fingerprint density at radius 2 is 1.46 bits per heavy atom. The summed E-state index contributed by atoms with van der Waals surface area (Å²) < 4.78 is 89.5. The number of phenolic OH excluding ortho intramolecular Hbond substituents is 1. The molecule has 0 radical (unpaired) electrons. The van der Waals surface area contributed by atoms with Crippen LogP contribution in [-0.2, 0) is 36.9 Å². The molecule has 2 saturated heterocycles. The van der Waals surface area contributed by atoms with Crippen LogP contribution in [0.5, 0.6) is 11.5 Å². The number of alkyl halides is 6. The quantitative estimate of drug-likeness (QED) is 0.122. The third-order valence-electron chi connectivity index (χ3n) is 11.6. The van der Waals surface area contributed by atoms with Gasteiger partial charge in [0.05, 0.1) is 52.8 Å². The molecule has 1 saturated carbocycles. The summed E-state index contributed by atoms with van der Waals surface area (Å²) in [5.41, 5.74) is -5.07. The number of nitrogens with zero attached hydrogens (tertiary/aromatic N) is 2. The van der Waals surface area contributed by atoms with E-state index in [9.17, 15) is 45.8 Å². The van der Waals surface area contributed by atoms with Crippen LogP contribution in [0.1, 0.15) is 41.0 Å². The maximum absolute atomic E-state index is 15.4. The Morgan fingerprint density at radius 1 is 0.789 bits per heavy atom. The van der Waals surface area contributed by atoms with E-state index in [-0.39, 0.29) is 46.7 Å². The van der Waals surface area contributed by atoms with Gasteiger partial charge in [0.25, 0.3) is 0 Å². The molecule has 2 aliphatic heterocycles. The van der Waals surface area contributed by atoms with Gasteiger partial charge in [-0.1, -0.05) is 75.6 Å². The van der Waals surface area contributed by atoms with Crippen LogP contribution in [0.2, 0.25) is 5.02 Å². The van der Waals surface area contributed by atoms with Crippen molar-refractivity contribution >= 4 is 62.5 Å². The smallest absolute Gasteiger partial charge is 0.416 e. The topological polar surface area (TPSA) is 104 Å². The van der Waals surface area contributed by atoms with Crippen LogP contribution in [0, 0.1) is 23.7 Å². The molecule has 0 spiro atoms. The van der Waals surface area contributed by atoms with Gasteiger partial charge >= 0.3 is 12.4 Å². The Kier molecular flexibility index (Phi) is 9.15. The lowest BCUT2D eigenvalue weighted by atomic mass is 9.49. The summed E-state index contributed by atoms with van der Waals surface area (Å²) in [6, 6.07) is 18.1. The van der Waals surface area contributed by atoms with Crippen molar-refractivity contribution < 1.29 is 55.4 Å². The summed E-state index contributed by atoms with van der Waals surface area (Å²) >= 11 is 9.79. The second-order valence-corrected chi connectivity index (χ2v) is 15.8. The third kappa shape index (κ3) is 5.86. The van der Waals surface area contributed by atoms with Gasteiger partial charge in [-0.15, -0.1) is 0 Å². The van der Waals surface area contributed by atoms with Crippen LogP contribution in [-0.4, -0.2) is 35.8 Å². The minimum atomic E-state index is -5.25. The number of allylic oxidation sites excluding steroid dienone is 2. The zero-order valence-corrected chi connectivity index (χ0v) is 31.7. The highest BCUT2D eigenvalue weighted by Crippen LogP contribution is 2.66. The molecule has 2 heterocycles. The monoisotopic (exact) mass is 872 g/mol. The minimum absolute atomic E-state index is 0.00215. The lowest BCUT2D eigenvalue weighted by Crippen LogP contribution is -2.53. The number of benzene rings is 4. The predicted molar refractivity (Wildman–Crippen MR) is 197 cm³/mol. The minimum Gasteiger partial charge on any atom is -0.504 e. The summed E-state index contributed by atoms with van der Waals surface area (Å²) in [4.78, 5) is 60.3. The van der Waals surface area contributed by atoms with E-state index < -0.39 is 87.8 Å². The molecule has 294 valence electrons. The van der Waals surface area contributed by atoms with Crippen molar-refractivity contribution in [2.24, 2.45) is 23.7 Å². The largest absolute Gasteiger partial charge is 0.504 e. The van der Waals surface area contributed by atoms with Crippen LogP contribution in [0.25, 0.3) is 0 Å². The second-order valence-electron chi connectivity index (χ2n) is 14.4. The van der Waals surface area contributed by atoms with E-state index in [2.05, 4.69) is 15.9 Å². The number of carbonyl (C=O) groups excluding carboxylic acids is 4. The highest BCUT2D eigenvalue weighted by Gasteiger charge is 2.70. The molecule has 6 atom stereocenters. The summed E-state index contributed by atoms with van der Waals surface area (Å²) in [6.45, 7) is 0. The number of aromatic hydroxyl groups is 1. The molecule has 0 bridgehead atoms. The Hall–Kier alpha value is -5.15. The number of amides is 4. The molecule has 8 rings (SSSR count). The summed E-state index contributed by atoms with van der Waals surface area (Å²) in [5.74, 6) is -9.95. The average molecular weight is 874 g/mol. The van der Waals surface area contributed by atoms with Crippen molar-refractivity contribution in [3.05, 3.63) is 128 Å². The molecule has 4 aromatic rings. The average Bonchev–Trinajstić information content (AvgIpc) is 3.55. The van der Waals surface area contributed by atoms with E-state index in [1.165, 1.54) is 25.3 Å². The number of phenols is 1. The highest BCUT2D eigenvalue weighted by atomic mass is 79.9. The number of methoxy groups -OCH3 is 1. The molecule has 8 nitrogen and oxygen atoms in total. The van der Waals surface area contributed by atoms with Crippen LogP contribution in [0.3, 0.4) is 0 Å². The first-order valence-electron chi connectivity index (χ1n) is 17.5. The first kappa shape index (κ1) is 38.7. The molecule has 4 aromatic carbocycles. The first-order chi connectivity index (χ1) is 26.9. The lowest BCUT2D eigenvalue weighted by molar-refractivity contribution is -0.143. The maximum Gasteiger partial charge on any atom is 0.416 e. The Labute approximate surface area is 333 Å². The molecule has 4 aliphatic rings. The fraction of sp³-hybridized carbons (Fsp3) is 0.268. The van der Waals surface area contributed by atoms with Gasteiger partial charge in [0, 0.05) is 21.0 Å². The molecule has 0 aromatic heterocycles. The Bertz CT molecular complexity index is 2390. The van der Waals surface area contributed by atoms with Crippen LogP contribution >= 0.6 is 27.5 Å². The molecule has 3 fully saturated rings. The summed E-state index contributed by atoms with van der Waals surface area (Å²) in [5, 5.41) is 12.1. The van der Waals surface area contributed by atoms with Gasteiger partial charge in [-0.3, -0.25) is 19.2 Å². The normalized spacial score (nSPS) is 26.0. The van der Waals surface area contributed by atoms with Crippen molar-refractivity contribution in [1.82, 2.24) is 0 Å². The third-order valence-corrected chi connectivity index (χ3v) is 12.3. The Morgan fingerprint density at radius 3 is 2.07 bits per heavy atom. The van der Waals surface area contributed by atoms with E-state index in [0.29, 0.717) is 32.6 Å². The van der Waals surface area contributed by atoms with Crippen LogP contribution < -0.4 is 14.5 Å². The van der Waals surface area contributed by atoms with Gasteiger partial charge in [0.1, 0.15) is 0 Å². The van der Waals surface area contributed by atoms with Gasteiger partial charge in [-0.2, -0.15) is 26.3 Å². The number of hydrogen-bond acceptors (Lipinski definition) is 6. The zero-order valence-electron chi connectivity index (χ0n) is 29.4. The van der Waals surface area contributed by atoms with Crippen molar-refractivity contribution in [3.63, 3.8) is 0 Å². The van der Waals surface area contributed by atoms with E-state index in [1.54, 1.807) is 54.6 Å². The summed E-state index contributed by atoms with van der Waals surface area (Å²) in [7, 11) is 1.32. The molecular weight excluding hydrogens is 846 g/mol. The molecule has 1 N–H and O–H groups in total. The number of rotatable bonds is 5. The van der Waals surface area contributed by atoms with E-state index in [1.807, 2.05) is 0 Å². The van der Waals surface area contributed by atoms with Crippen LogP contribution in [0.15, 0.2) is 101 Å². The second kappa shape index (κ2) is 13.5. The fourth-order valence-corrected chi connectivity index (χ4v) is 10.0. The molecule has 16 heteroatoms. The number of ether oxygens (including phenoxy) is 1. The van der Waals surface area contributed by atoms with Crippen molar-refractivity contribution in [3.8, 4) is 11.5 Å². The van der Waals surface area contributed by atoms with Gasteiger partial charge in [0.2, 0.25) is 23.6 Å². The van der Waals surface area contributed by atoms with Crippen molar-refractivity contribution in [1.29, 1.82) is 0 Å². The molecule has 2 aliphatic carbocycles.